The molecule has 1 fully saturated rings. The third-order valence-electron chi connectivity index (χ3n) is 5.59. The van der Waals surface area contributed by atoms with Gasteiger partial charge in [0.25, 0.3) is 0 Å². The Morgan fingerprint density at radius 2 is 1.74 bits per heavy atom. The Morgan fingerprint density at radius 1 is 1.13 bits per heavy atom. The van der Waals surface area contributed by atoms with Gasteiger partial charge in [0.05, 0.1) is 12.2 Å². The van der Waals surface area contributed by atoms with E-state index in [2.05, 4.69) is 27.7 Å². The molecule has 178 valence electrons. The fourth-order valence-electron chi connectivity index (χ4n) is 3.60. The average molecular weight is 437 g/mol. The lowest BCUT2D eigenvalue weighted by Crippen LogP contribution is -2.36. The van der Waals surface area contributed by atoms with Gasteiger partial charge in [-0.1, -0.05) is 67.5 Å². The zero-order chi connectivity index (χ0) is 24.0. The summed E-state index contributed by atoms with van der Waals surface area (Å²) in [5.41, 5.74) is 2.18. The van der Waals surface area contributed by atoms with Gasteiger partial charge < -0.3 is 19.3 Å². The van der Waals surface area contributed by atoms with Gasteiger partial charge in [-0.15, -0.1) is 0 Å². The van der Waals surface area contributed by atoms with Crippen LogP contribution in [-0.2, 0) is 30.8 Å². The first kappa shape index (κ1) is 27.4. The summed E-state index contributed by atoms with van der Waals surface area (Å²) in [6, 6.07) is 3.93. The van der Waals surface area contributed by atoms with E-state index in [0.29, 0.717) is 18.6 Å². The molecule has 0 spiro atoms. The Balaban J connectivity index is 0.00000233. The Labute approximate surface area is 189 Å². The number of carbonyl (C=O) groups excluding carboxylic acids is 1. The van der Waals surface area contributed by atoms with Gasteiger partial charge in [-0.2, -0.15) is 0 Å². The van der Waals surface area contributed by atoms with Crippen LogP contribution < -0.4 is 0 Å². The summed E-state index contributed by atoms with van der Waals surface area (Å²) >= 11 is 0. The number of benzene rings is 1. The van der Waals surface area contributed by atoms with Gasteiger partial charge in [0.1, 0.15) is 12.4 Å². The molecule has 2 rings (SSSR count). The highest BCUT2D eigenvalue weighted by atomic mass is 16.7. The molecule has 1 saturated heterocycles. The summed E-state index contributed by atoms with van der Waals surface area (Å²) in [6.45, 7) is 20.4. The van der Waals surface area contributed by atoms with Crippen LogP contribution in [0, 0.1) is 12.3 Å². The molecule has 5 nitrogen and oxygen atoms in total. The van der Waals surface area contributed by atoms with Crippen LogP contribution in [-0.4, -0.2) is 36.2 Å². The van der Waals surface area contributed by atoms with Gasteiger partial charge in [0.2, 0.25) is 0 Å². The van der Waals surface area contributed by atoms with Crippen LogP contribution in [0.5, 0.6) is 5.75 Å². The maximum atomic E-state index is 12.3. The summed E-state index contributed by atoms with van der Waals surface area (Å²) < 4.78 is 17.5. The van der Waals surface area contributed by atoms with E-state index in [4.69, 9.17) is 14.2 Å². The standard InChI is InChI=1S/C24H38O5.C2H6/c1-9-19-16(3)28-22(29-19)24(7,8)14-27-20(25)11-10-17-12-15(2)21(26)18(13-17)23(4,5)6;1-2/h12-13,16,19,22,26H,9-11,14H2,1-8H3;1-2H3. The molecule has 1 aromatic carbocycles. The third-order valence-corrected chi connectivity index (χ3v) is 5.59. The number of esters is 1. The largest absolute Gasteiger partial charge is 0.507 e. The smallest absolute Gasteiger partial charge is 0.306 e. The van der Waals surface area contributed by atoms with Gasteiger partial charge in [-0.25, -0.2) is 0 Å². The van der Waals surface area contributed by atoms with Crippen molar-refractivity contribution >= 4 is 5.97 Å². The summed E-state index contributed by atoms with van der Waals surface area (Å²) in [5, 5.41) is 10.4. The number of carbonyl (C=O) groups is 1. The number of aromatic hydroxyl groups is 1. The van der Waals surface area contributed by atoms with E-state index in [1.165, 1.54) is 0 Å². The second-order valence-corrected chi connectivity index (χ2v) is 9.96. The molecule has 1 aromatic rings. The fraction of sp³-hybridized carbons (Fsp3) is 0.731. The minimum Gasteiger partial charge on any atom is -0.507 e. The molecule has 0 bridgehead atoms. The van der Waals surface area contributed by atoms with Crippen molar-refractivity contribution < 1.29 is 24.1 Å². The molecular formula is C26H44O5. The lowest BCUT2D eigenvalue weighted by Gasteiger charge is -2.29. The molecule has 31 heavy (non-hydrogen) atoms. The highest BCUT2D eigenvalue weighted by Crippen LogP contribution is 2.35. The molecule has 1 N–H and O–H groups in total. The van der Waals surface area contributed by atoms with Crippen LogP contribution in [0.15, 0.2) is 12.1 Å². The summed E-state index contributed by atoms with van der Waals surface area (Å²) in [7, 11) is 0. The number of phenolic OH excluding ortho intramolecular Hbond substituents is 1. The molecule has 0 aliphatic carbocycles. The molecule has 1 aliphatic heterocycles. The second-order valence-electron chi connectivity index (χ2n) is 9.96. The van der Waals surface area contributed by atoms with E-state index in [0.717, 1.165) is 23.1 Å². The molecule has 0 amide bonds. The van der Waals surface area contributed by atoms with Gasteiger partial charge in [0.15, 0.2) is 6.29 Å². The molecule has 0 radical (unpaired) electrons. The van der Waals surface area contributed by atoms with Crippen LogP contribution >= 0.6 is 0 Å². The molecule has 1 heterocycles. The zero-order valence-corrected chi connectivity index (χ0v) is 21.3. The second kappa shape index (κ2) is 11.3. The van der Waals surface area contributed by atoms with Crippen LogP contribution in [0.25, 0.3) is 0 Å². The Kier molecular flexibility index (Phi) is 10.0. The van der Waals surface area contributed by atoms with E-state index < -0.39 is 5.41 Å². The lowest BCUT2D eigenvalue weighted by molar-refractivity contribution is -0.170. The number of hydrogen-bond acceptors (Lipinski definition) is 5. The van der Waals surface area contributed by atoms with Crippen molar-refractivity contribution in [2.75, 3.05) is 6.61 Å². The van der Waals surface area contributed by atoms with Gasteiger partial charge in [-0.3, -0.25) is 4.79 Å². The Hall–Kier alpha value is -1.59. The van der Waals surface area contributed by atoms with Crippen LogP contribution in [0.4, 0.5) is 0 Å². The van der Waals surface area contributed by atoms with Crippen molar-refractivity contribution in [3.63, 3.8) is 0 Å². The van der Waals surface area contributed by atoms with Crippen molar-refractivity contribution in [3.05, 3.63) is 28.8 Å². The van der Waals surface area contributed by atoms with Crippen LogP contribution in [0.1, 0.15) is 91.8 Å². The van der Waals surface area contributed by atoms with Gasteiger partial charge >= 0.3 is 5.97 Å². The highest BCUT2D eigenvalue weighted by Gasteiger charge is 2.42. The van der Waals surface area contributed by atoms with Crippen LogP contribution in [0.2, 0.25) is 0 Å². The molecule has 0 aromatic heterocycles. The predicted octanol–water partition coefficient (Wildman–Crippen LogP) is 6.07. The number of rotatable bonds is 7. The first-order valence-electron chi connectivity index (χ1n) is 11.6. The zero-order valence-electron chi connectivity index (χ0n) is 21.3. The summed E-state index contributed by atoms with van der Waals surface area (Å²) in [5.74, 6) is 0.0981. The predicted molar refractivity (Wildman–Crippen MR) is 125 cm³/mol. The topological polar surface area (TPSA) is 65.0 Å². The summed E-state index contributed by atoms with van der Waals surface area (Å²) in [4.78, 5) is 12.3. The van der Waals surface area contributed by atoms with Gasteiger partial charge in [-0.05, 0) is 48.8 Å². The molecule has 5 heteroatoms. The SMILES string of the molecule is CC.CCC1OC(C(C)(C)COC(=O)CCc2cc(C)c(O)c(C(C)(C)C)c2)OC1C. The fourth-order valence-corrected chi connectivity index (χ4v) is 3.60. The van der Waals surface area contributed by atoms with Crippen molar-refractivity contribution in [1.82, 2.24) is 0 Å². The molecule has 3 atom stereocenters. The van der Waals surface area contributed by atoms with E-state index in [1.54, 1.807) is 0 Å². The third kappa shape index (κ3) is 7.50. The minimum absolute atomic E-state index is 0.0507. The minimum atomic E-state index is -0.414. The molecular weight excluding hydrogens is 392 g/mol. The van der Waals surface area contributed by atoms with E-state index >= 15 is 0 Å². The number of phenols is 1. The van der Waals surface area contributed by atoms with Crippen molar-refractivity contribution in [2.45, 2.75) is 112 Å². The van der Waals surface area contributed by atoms with Crippen molar-refractivity contribution in [3.8, 4) is 5.75 Å². The van der Waals surface area contributed by atoms with Crippen molar-refractivity contribution in [1.29, 1.82) is 0 Å². The maximum Gasteiger partial charge on any atom is 0.306 e. The van der Waals surface area contributed by atoms with Crippen molar-refractivity contribution in [2.24, 2.45) is 5.41 Å². The number of aryl methyl sites for hydroxylation is 2. The summed E-state index contributed by atoms with van der Waals surface area (Å²) in [6.07, 6.45) is 1.54. The Bertz CT molecular complexity index is 717. The van der Waals surface area contributed by atoms with E-state index in [1.807, 2.05) is 53.7 Å². The normalized spacial score (nSPS) is 21.4. The first-order valence-corrected chi connectivity index (χ1v) is 11.6. The molecule has 1 aliphatic rings. The quantitative estimate of drug-likeness (QED) is 0.526. The first-order chi connectivity index (χ1) is 14.3. The van der Waals surface area contributed by atoms with E-state index in [9.17, 15) is 9.90 Å². The maximum absolute atomic E-state index is 12.3. The highest BCUT2D eigenvalue weighted by molar-refractivity contribution is 5.69. The number of hydrogen-bond donors (Lipinski definition) is 1. The van der Waals surface area contributed by atoms with Gasteiger partial charge in [0, 0.05) is 11.8 Å². The monoisotopic (exact) mass is 436 g/mol. The number of ether oxygens (including phenoxy) is 3. The lowest BCUT2D eigenvalue weighted by atomic mass is 9.83. The van der Waals surface area contributed by atoms with E-state index in [-0.39, 0.29) is 36.5 Å². The van der Waals surface area contributed by atoms with Crippen LogP contribution in [0.3, 0.4) is 0 Å². The molecule has 0 saturated carbocycles. The molecule has 3 unspecified atom stereocenters. The Morgan fingerprint density at radius 3 is 2.26 bits per heavy atom. The average Bonchev–Trinajstić information content (AvgIpc) is 3.09.